The topological polar surface area (TPSA) is 66.5 Å². The van der Waals surface area contributed by atoms with Crippen molar-refractivity contribution in [1.29, 1.82) is 0 Å². The number of carbonyl (C=O) groups is 3. The van der Waals surface area contributed by atoms with Gasteiger partial charge in [-0.15, -0.1) is 0 Å². The number of rotatable bonds is 7. The Morgan fingerprint density at radius 3 is 2.22 bits per heavy atom. The molecular formula is C30H41FN2O3. The molecule has 3 unspecified atom stereocenters. The number of piperidine rings is 1. The van der Waals surface area contributed by atoms with Gasteiger partial charge < -0.3 is 10.2 Å². The summed E-state index contributed by atoms with van der Waals surface area (Å²) >= 11 is 0. The van der Waals surface area contributed by atoms with Crippen molar-refractivity contribution in [3.05, 3.63) is 35.1 Å². The van der Waals surface area contributed by atoms with Crippen LogP contribution < -0.4 is 5.32 Å². The lowest BCUT2D eigenvalue weighted by Crippen LogP contribution is -2.49. The number of Topliss-reactive ketones (excluding diaryl/α,β-unsaturated/α-hetero) is 1. The van der Waals surface area contributed by atoms with E-state index in [0.29, 0.717) is 5.56 Å². The van der Waals surface area contributed by atoms with Gasteiger partial charge in [0, 0.05) is 23.4 Å². The molecule has 1 aromatic rings. The van der Waals surface area contributed by atoms with Crippen molar-refractivity contribution in [3.8, 4) is 0 Å². The highest BCUT2D eigenvalue weighted by atomic mass is 19.1. The number of nitrogens with one attached hydrogen (secondary N) is 1. The van der Waals surface area contributed by atoms with Crippen LogP contribution >= 0.6 is 0 Å². The summed E-state index contributed by atoms with van der Waals surface area (Å²) in [4.78, 5) is 41.6. The van der Waals surface area contributed by atoms with Crippen molar-refractivity contribution in [2.45, 2.75) is 115 Å². The predicted molar refractivity (Wildman–Crippen MR) is 137 cm³/mol. The van der Waals surface area contributed by atoms with E-state index in [1.165, 1.54) is 6.07 Å². The molecule has 2 amide bonds. The Hall–Kier alpha value is -2.24. The molecular weight excluding hydrogens is 455 g/mol. The van der Waals surface area contributed by atoms with Crippen LogP contribution in [0, 0.1) is 23.1 Å². The average molecular weight is 497 g/mol. The van der Waals surface area contributed by atoms with E-state index >= 15 is 4.39 Å². The van der Waals surface area contributed by atoms with Crippen molar-refractivity contribution >= 4 is 17.6 Å². The lowest BCUT2D eigenvalue weighted by atomic mass is 9.80. The van der Waals surface area contributed by atoms with Gasteiger partial charge in [0.1, 0.15) is 5.82 Å². The van der Waals surface area contributed by atoms with Gasteiger partial charge in [0.25, 0.3) is 5.91 Å². The first-order valence-corrected chi connectivity index (χ1v) is 14.2. The molecule has 5 rings (SSSR count). The molecule has 5 nitrogen and oxygen atoms in total. The van der Waals surface area contributed by atoms with Crippen LogP contribution in [0.1, 0.15) is 113 Å². The highest BCUT2D eigenvalue weighted by Gasteiger charge is 2.53. The number of carbonyl (C=O) groups excluding carboxylic acids is 3. The summed E-state index contributed by atoms with van der Waals surface area (Å²) in [6, 6.07) is 4.86. The predicted octanol–water partition coefficient (Wildman–Crippen LogP) is 5.77. The smallest absolute Gasteiger partial charge is 0.254 e. The summed E-state index contributed by atoms with van der Waals surface area (Å²) in [5.41, 5.74) is 0.425. The van der Waals surface area contributed by atoms with Crippen molar-refractivity contribution in [2.75, 3.05) is 0 Å². The van der Waals surface area contributed by atoms with Gasteiger partial charge in [-0.05, 0) is 74.8 Å². The van der Waals surface area contributed by atoms with Crippen LogP contribution in [-0.4, -0.2) is 40.6 Å². The van der Waals surface area contributed by atoms with Gasteiger partial charge in [-0.25, -0.2) is 4.39 Å². The van der Waals surface area contributed by atoms with Gasteiger partial charge in [0.15, 0.2) is 5.78 Å². The van der Waals surface area contributed by atoms with Gasteiger partial charge in [-0.2, -0.15) is 0 Å². The maximum absolute atomic E-state index is 15.9. The first kappa shape index (κ1) is 25.4. The Balaban J connectivity index is 1.33. The molecule has 2 aliphatic heterocycles. The Labute approximate surface area is 214 Å². The minimum absolute atomic E-state index is 0.00209. The first-order chi connectivity index (χ1) is 17.2. The van der Waals surface area contributed by atoms with E-state index in [0.717, 1.165) is 70.6 Å². The zero-order chi connectivity index (χ0) is 25.6. The third kappa shape index (κ3) is 4.72. The van der Waals surface area contributed by atoms with Gasteiger partial charge in [-0.1, -0.05) is 52.2 Å². The Morgan fingerprint density at radius 2 is 1.64 bits per heavy atom. The van der Waals surface area contributed by atoms with Crippen LogP contribution in [0.25, 0.3) is 0 Å². The van der Waals surface area contributed by atoms with E-state index in [-0.39, 0.29) is 52.5 Å². The minimum Gasteiger partial charge on any atom is -0.342 e. The molecule has 2 saturated heterocycles. The van der Waals surface area contributed by atoms with E-state index in [4.69, 9.17) is 0 Å². The second-order valence-electron chi connectivity index (χ2n) is 12.4. The summed E-state index contributed by atoms with van der Waals surface area (Å²) in [5, 5.41) is 2.95. The van der Waals surface area contributed by atoms with Gasteiger partial charge in [-0.3, -0.25) is 14.4 Å². The Morgan fingerprint density at radius 1 is 1.00 bits per heavy atom. The molecule has 2 bridgehead atoms. The molecule has 196 valence electrons. The van der Waals surface area contributed by atoms with Gasteiger partial charge in [0.05, 0.1) is 11.6 Å². The molecule has 4 aliphatic rings. The minimum atomic E-state index is -0.560. The molecule has 3 atom stereocenters. The largest absolute Gasteiger partial charge is 0.342 e. The highest BCUT2D eigenvalue weighted by Crippen LogP contribution is 2.51. The summed E-state index contributed by atoms with van der Waals surface area (Å²) in [7, 11) is 0. The normalized spacial score (nSPS) is 28.1. The molecule has 2 heterocycles. The average Bonchev–Trinajstić information content (AvgIpc) is 3.57. The van der Waals surface area contributed by atoms with Crippen LogP contribution in [0.2, 0.25) is 0 Å². The molecule has 2 saturated carbocycles. The highest BCUT2D eigenvalue weighted by molar-refractivity contribution is 5.98. The maximum Gasteiger partial charge on any atom is 0.254 e. The van der Waals surface area contributed by atoms with Crippen LogP contribution in [-0.2, 0) is 9.59 Å². The van der Waals surface area contributed by atoms with E-state index in [1.54, 1.807) is 12.1 Å². The zero-order valence-electron chi connectivity index (χ0n) is 22.0. The molecule has 0 aromatic heterocycles. The molecule has 0 spiro atoms. The van der Waals surface area contributed by atoms with Crippen LogP contribution in [0.3, 0.4) is 0 Å². The number of benzene rings is 1. The van der Waals surface area contributed by atoms with E-state index in [9.17, 15) is 14.4 Å². The number of ketones is 1. The monoisotopic (exact) mass is 496 g/mol. The second-order valence-corrected chi connectivity index (χ2v) is 12.4. The van der Waals surface area contributed by atoms with E-state index in [2.05, 4.69) is 17.1 Å². The molecule has 6 heteroatoms. The fourth-order valence-corrected chi connectivity index (χ4v) is 6.98. The standard InChI is InChI=1S/C30H41FN2O3/c1-18(2)27(34)26(19-8-5-4-6-9-19)32-28(35)24-11-7-10-23(25(24)31)20-16-21-12-13-22(17-20)33(21)29(36)30(3)14-15-30/h7,10-11,18-22,26H,4-6,8-9,12-17H2,1-3H3,(H,32,35). The number of halogens is 1. The third-order valence-corrected chi connectivity index (χ3v) is 9.48. The Bertz CT molecular complexity index is 1010. The molecule has 4 fully saturated rings. The molecule has 1 aromatic carbocycles. The number of fused-ring (bicyclic) bond motifs is 2. The van der Waals surface area contributed by atoms with Crippen molar-refractivity contribution in [3.63, 3.8) is 0 Å². The fraction of sp³-hybridized carbons (Fsp3) is 0.700. The SMILES string of the molecule is CC(C)C(=O)C(NC(=O)c1cccc(C2CC3CCC(C2)N3C(=O)C2(C)CC2)c1F)C1CCCCC1. The molecule has 0 radical (unpaired) electrons. The zero-order valence-corrected chi connectivity index (χ0v) is 22.0. The summed E-state index contributed by atoms with van der Waals surface area (Å²) in [5.74, 6) is -0.707. The van der Waals surface area contributed by atoms with Gasteiger partial charge in [0.2, 0.25) is 5.91 Å². The first-order valence-electron chi connectivity index (χ1n) is 14.2. The lowest BCUT2D eigenvalue weighted by molar-refractivity contribution is -0.141. The maximum atomic E-state index is 15.9. The summed E-state index contributed by atoms with van der Waals surface area (Å²) in [6.07, 6.45) is 10.5. The molecule has 1 N–H and O–H groups in total. The number of hydrogen-bond donors (Lipinski definition) is 1. The number of amides is 2. The van der Waals surface area contributed by atoms with E-state index < -0.39 is 17.8 Å². The summed E-state index contributed by atoms with van der Waals surface area (Å²) in [6.45, 7) is 5.79. The van der Waals surface area contributed by atoms with Crippen molar-refractivity contribution in [1.82, 2.24) is 10.2 Å². The fourth-order valence-electron chi connectivity index (χ4n) is 6.98. The van der Waals surface area contributed by atoms with Crippen molar-refractivity contribution < 1.29 is 18.8 Å². The summed E-state index contributed by atoms with van der Waals surface area (Å²) < 4.78 is 15.9. The molecule has 36 heavy (non-hydrogen) atoms. The second kappa shape index (κ2) is 9.90. The quantitative estimate of drug-likeness (QED) is 0.521. The molecule has 2 aliphatic carbocycles. The lowest BCUT2D eigenvalue weighted by Gasteiger charge is -2.40. The van der Waals surface area contributed by atoms with Gasteiger partial charge >= 0.3 is 0 Å². The van der Waals surface area contributed by atoms with E-state index in [1.807, 2.05) is 13.8 Å². The Kier molecular flexibility index (Phi) is 6.99. The van der Waals surface area contributed by atoms with Crippen LogP contribution in [0.4, 0.5) is 4.39 Å². The van der Waals surface area contributed by atoms with Crippen LogP contribution in [0.5, 0.6) is 0 Å². The third-order valence-electron chi connectivity index (χ3n) is 9.48. The van der Waals surface area contributed by atoms with Crippen molar-refractivity contribution in [2.24, 2.45) is 17.3 Å². The number of nitrogens with zero attached hydrogens (tertiary/aromatic N) is 1. The number of hydrogen-bond acceptors (Lipinski definition) is 3. The van der Waals surface area contributed by atoms with Crippen LogP contribution in [0.15, 0.2) is 18.2 Å².